The minimum atomic E-state index is -0.520. The Hall–Kier alpha value is -2.82. The van der Waals surface area contributed by atoms with Gasteiger partial charge >= 0.3 is 0 Å². The normalized spacial score (nSPS) is 14.5. The molecule has 1 fully saturated rings. The molecule has 1 amide bonds. The van der Waals surface area contributed by atoms with Crippen molar-refractivity contribution in [3.63, 3.8) is 0 Å². The predicted molar refractivity (Wildman–Crippen MR) is 90.0 cm³/mol. The van der Waals surface area contributed by atoms with Crippen molar-refractivity contribution in [1.29, 1.82) is 0 Å². The number of nitrogens with zero attached hydrogens (tertiary/aromatic N) is 2. The number of rotatable bonds is 3. The standard InChI is InChI=1S/C19H16FN3O/c20-13-6-2-5-12(7-13)18-14(11-3-1-4-11)8-15-16(19(21)24)9-22-10-17(15)23-18/h2,5-11H,1,3-4H2,(H2,21,24). The summed E-state index contributed by atoms with van der Waals surface area (Å²) in [5.74, 6) is -0.431. The molecule has 2 N–H and O–H groups in total. The Labute approximate surface area is 138 Å². The van der Waals surface area contributed by atoms with Gasteiger partial charge in [0, 0.05) is 17.1 Å². The molecular weight excluding hydrogens is 305 g/mol. The highest BCUT2D eigenvalue weighted by Gasteiger charge is 2.25. The maximum absolute atomic E-state index is 13.7. The van der Waals surface area contributed by atoms with E-state index in [1.54, 1.807) is 12.3 Å². The van der Waals surface area contributed by atoms with Gasteiger partial charge in [0.25, 0.3) is 5.91 Å². The van der Waals surface area contributed by atoms with Gasteiger partial charge in [0.05, 0.1) is 23.0 Å². The molecule has 4 rings (SSSR count). The molecule has 3 aromatic rings. The van der Waals surface area contributed by atoms with Crippen molar-refractivity contribution >= 4 is 16.8 Å². The van der Waals surface area contributed by atoms with E-state index in [0.29, 0.717) is 22.4 Å². The van der Waals surface area contributed by atoms with Crippen LogP contribution in [0.3, 0.4) is 0 Å². The first-order valence-corrected chi connectivity index (χ1v) is 7.98. The van der Waals surface area contributed by atoms with E-state index in [-0.39, 0.29) is 5.82 Å². The molecule has 1 aliphatic rings. The van der Waals surface area contributed by atoms with E-state index in [1.807, 2.05) is 12.1 Å². The lowest BCUT2D eigenvalue weighted by molar-refractivity contribution is 0.100. The molecule has 2 aromatic heterocycles. The number of nitrogens with two attached hydrogens (primary N) is 1. The third kappa shape index (κ3) is 2.42. The maximum Gasteiger partial charge on any atom is 0.250 e. The first-order chi connectivity index (χ1) is 11.6. The van der Waals surface area contributed by atoms with E-state index >= 15 is 0 Å². The molecule has 1 aliphatic carbocycles. The van der Waals surface area contributed by atoms with E-state index in [0.717, 1.165) is 29.7 Å². The van der Waals surface area contributed by atoms with E-state index in [2.05, 4.69) is 4.98 Å². The Morgan fingerprint density at radius 1 is 1.21 bits per heavy atom. The van der Waals surface area contributed by atoms with Crippen LogP contribution in [0.2, 0.25) is 0 Å². The number of aromatic nitrogens is 2. The van der Waals surface area contributed by atoms with Crippen LogP contribution in [0, 0.1) is 5.82 Å². The summed E-state index contributed by atoms with van der Waals surface area (Å²) in [6, 6.07) is 8.42. The largest absolute Gasteiger partial charge is 0.366 e. The van der Waals surface area contributed by atoms with Gasteiger partial charge in [-0.25, -0.2) is 9.37 Å². The van der Waals surface area contributed by atoms with E-state index in [1.165, 1.54) is 24.8 Å². The summed E-state index contributed by atoms with van der Waals surface area (Å²) in [6.45, 7) is 0. The van der Waals surface area contributed by atoms with Gasteiger partial charge in [-0.15, -0.1) is 0 Å². The van der Waals surface area contributed by atoms with E-state index in [9.17, 15) is 9.18 Å². The van der Waals surface area contributed by atoms with Crippen molar-refractivity contribution in [1.82, 2.24) is 9.97 Å². The molecule has 0 unspecified atom stereocenters. The lowest BCUT2D eigenvalue weighted by Crippen LogP contribution is -2.14. The minimum absolute atomic E-state index is 0.294. The number of fused-ring (bicyclic) bond motifs is 1. The average Bonchev–Trinajstić information content (AvgIpc) is 2.52. The first-order valence-electron chi connectivity index (χ1n) is 7.98. The van der Waals surface area contributed by atoms with Crippen molar-refractivity contribution in [2.24, 2.45) is 5.73 Å². The van der Waals surface area contributed by atoms with Gasteiger partial charge in [-0.2, -0.15) is 0 Å². The van der Waals surface area contributed by atoms with Gasteiger partial charge in [0.15, 0.2) is 0 Å². The third-order valence-corrected chi connectivity index (χ3v) is 4.68. The molecule has 24 heavy (non-hydrogen) atoms. The topological polar surface area (TPSA) is 68.9 Å². The molecular formula is C19H16FN3O. The van der Waals surface area contributed by atoms with E-state index < -0.39 is 5.91 Å². The lowest BCUT2D eigenvalue weighted by Gasteiger charge is -2.28. The third-order valence-electron chi connectivity index (χ3n) is 4.68. The number of primary amides is 1. The van der Waals surface area contributed by atoms with Crippen LogP contribution in [-0.4, -0.2) is 15.9 Å². The van der Waals surface area contributed by atoms with Crippen LogP contribution in [0.15, 0.2) is 42.7 Å². The van der Waals surface area contributed by atoms with Gasteiger partial charge in [0.2, 0.25) is 0 Å². The summed E-state index contributed by atoms with van der Waals surface area (Å²) >= 11 is 0. The molecule has 1 saturated carbocycles. The second kappa shape index (κ2) is 5.67. The Morgan fingerprint density at radius 2 is 2.04 bits per heavy atom. The summed E-state index contributed by atoms with van der Waals surface area (Å²) in [5, 5.41) is 0.708. The lowest BCUT2D eigenvalue weighted by atomic mass is 9.78. The summed E-state index contributed by atoms with van der Waals surface area (Å²) in [6.07, 6.45) is 6.40. The fraction of sp³-hybridized carbons (Fsp3) is 0.211. The highest BCUT2D eigenvalue weighted by atomic mass is 19.1. The van der Waals surface area contributed by atoms with Gasteiger partial charge in [-0.3, -0.25) is 9.78 Å². The molecule has 0 bridgehead atoms. The smallest absolute Gasteiger partial charge is 0.250 e. The second-order valence-electron chi connectivity index (χ2n) is 6.18. The van der Waals surface area contributed by atoms with Crippen LogP contribution in [-0.2, 0) is 0 Å². The van der Waals surface area contributed by atoms with Crippen molar-refractivity contribution in [2.75, 3.05) is 0 Å². The van der Waals surface area contributed by atoms with Crippen molar-refractivity contribution in [3.8, 4) is 11.3 Å². The summed E-state index contributed by atoms with van der Waals surface area (Å²) < 4.78 is 13.7. The fourth-order valence-electron chi connectivity index (χ4n) is 3.20. The fourth-order valence-corrected chi connectivity index (χ4v) is 3.20. The van der Waals surface area contributed by atoms with Crippen LogP contribution in [0.25, 0.3) is 22.2 Å². The van der Waals surface area contributed by atoms with Crippen molar-refractivity contribution < 1.29 is 9.18 Å². The molecule has 5 heteroatoms. The number of halogens is 1. The van der Waals surface area contributed by atoms with Crippen LogP contribution in [0.5, 0.6) is 0 Å². The Balaban J connectivity index is 2.00. The van der Waals surface area contributed by atoms with Gasteiger partial charge in [-0.1, -0.05) is 18.6 Å². The number of hydrogen-bond donors (Lipinski definition) is 1. The van der Waals surface area contributed by atoms with Crippen molar-refractivity contribution in [2.45, 2.75) is 25.2 Å². The molecule has 2 heterocycles. The molecule has 0 spiro atoms. The van der Waals surface area contributed by atoms with Crippen LogP contribution in [0.1, 0.15) is 41.1 Å². The molecule has 0 atom stereocenters. The maximum atomic E-state index is 13.7. The Kier molecular flexibility index (Phi) is 3.49. The molecule has 0 aliphatic heterocycles. The highest BCUT2D eigenvalue weighted by Crippen LogP contribution is 2.41. The summed E-state index contributed by atoms with van der Waals surface area (Å²) in [7, 11) is 0. The first kappa shape index (κ1) is 14.8. The average molecular weight is 321 g/mol. The SMILES string of the molecule is NC(=O)c1cncc2nc(-c3cccc(F)c3)c(C3CCC3)cc12. The number of amides is 1. The highest BCUT2D eigenvalue weighted by molar-refractivity contribution is 6.05. The number of hydrogen-bond acceptors (Lipinski definition) is 3. The van der Waals surface area contributed by atoms with Crippen molar-refractivity contribution in [3.05, 3.63) is 59.7 Å². The zero-order valence-electron chi connectivity index (χ0n) is 13.0. The molecule has 4 nitrogen and oxygen atoms in total. The molecule has 120 valence electrons. The van der Waals surface area contributed by atoms with Gasteiger partial charge in [0.1, 0.15) is 5.82 Å². The van der Waals surface area contributed by atoms with Gasteiger partial charge in [-0.05, 0) is 42.5 Å². The zero-order chi connectivity index (χ0) is 16.7. The van der Waals surface area contributed by atoms with Crippen LogP contribution in [0.4, 0.5) is 4.39 Å². The number of carbonyl (C=O) groups excluding carboxylic acids is 1. The number of carbonyl (C=O) groups is 1. The summed E-state index contributed by atoms with van der Waals surface area (Å²) in [4.78, 5) is 20.4. The Bertz CT molecular complexity index is 950. The molecule has 1 aromatic carbocycles. The van der Waals surface area contributed by atoms with Crippen LogP contribution < -0.4 is 5.73 Å². The second-order valence-corrected chi connectivity index (χ2v) is 6.18. The number of benzene rings is 1. The quantitative estimate of drug-likeness (QED) is 0.797. The monoisotopic (exact) mass is 321 g/mol. The Morgan fingerprint density at radius 3 is 2.71 bits per heavy atom. The van der Waals surface area contributed by atoms with E-state index in [4.69, 9.17) is 10.7 Å². The molecule has 0 saturated heterocycles. The zero-order valence-corrected chi connectivity index (χ0v) is 13.0. The molecule has 0 radical (unpaired) electrons. The minimum Gasteiger partial charge on any atom is -0.366 e. The van der Waals surface area contributed by atoms with Gasteiger partial charge < -0.3 is 5.73 Å². The van der Waals surface area contributed by atoms with Crippen LogP contribution >= 0.6 is 0 Å². The predicted octanol–water partition coefficient (Wildman–Crippen LogP) is 3.80. The number of pyridine rings is 2. The summed E-state index contributed by atoms with van der Waals surface area (Å²) in [5.41, 5.74) is 8.97.